The van der Waals surface area contributed by atoms with E-state index >= 15 is 0 Å². The van der Waals surface area contributed by atoms with Gasteiger partial charge in [-0.1, -0.05) is 34.1 Å². The van der Waals surface area contributed by atoms with E-state index < -0.39 is 9.84 Å². The maximum Gasteiger partial charge on any atom is 0.155 e. The highest BCUT2D eigenvalue weighted by molar-refractivity contribution is 9.10. The molecule has 0 fully saturated rings. The summed E-state index contributed by atoms with van der Waals surface area (Å²) in [5, 5.41) is 0. The summed E-state index contributed by atoms with van der Waals surface area (Å²) in [6.45, 7) is 1.69. The van der Waals surface area contributed by atoms with Crippen LogP contribution in [0.5, 0.6) is 0 Å². The minimum Gasteiger partial charge on any atom is -0.327 e. The first-order valence-corrected chi connectivity index (χ1v) is 7.21. The van der Waals surface area contributed by atoms with Gasteiger partial charge in [-0.05, 0) is 18.6 Å². The molecular weight excluding hydrogens is 278 g/mol. The summed E-state index contributed by atoms with van der Waals surface area (Å²) >= 11 is 3.32. The highest BCUT2D eigenvalue weighted by Gasteiger charge is 2.15. The molecule has 0 radical (unpaired) electrons. The number of rotatable bonds is 4. The maximum atomic E-state index is 11.7. The largest absolute Gasteiger partial charge is 0.327 e. The van der Waals surface area contributed by atoms with Gasteiger partial charge in [-0.3, -0.25) is 0 Å². The molecule has 2 N–H and O–H groups in total. The first-order chi connectivity index (χ1) is 6.91. The molecule has 0 amide bonds. The lowest BCUT2D eigenvalue weighted by Crippen LogP contribution is -2.27. The molecule has 3 nitrogen and oxygen atoms in total. The zero-order valence-corrected chi connectivity index (χ0v) is 10.9. The third-order valence-corrected chi connectivity index (χ3v) is 4.41. The van der Waals surface area contributed by atoms with Gasteiger partial charge in [0.2, 0.25) is 0 Å². The van der Waals surface area contributed by atoms with E-state index in [0.29, 0.717) is 0 Å². The second-order valence-electron chi connectivity index (χ2n) is 3.62. The molecule has 0 aliphatic heterocycles. The average Bonchev–Trinajstić information content (AvgIpc) is 2.06. The molecule has 1 rings (SSSR count). The Bertz CT molecular complexity index is 429. The van der Waals surface area contributed by atoms with E-state index in [9.17, 15) is 8.42 Å². The minimum atomic E-state index is -3.11. The average molecular weight is 292 g/mol. The van der Waals surface area contributed by atoms with Crippen molar-refractivity contribution in [1.29, 1.82) is 0 Å². The molecule has 0 spiro atoms. The number of hydrogen-bond acceptors (Lipinski definition) is 3. The van der Waals surface area contributed by atoms with Crippen molar-refractivity contribution >= 4 is 25.8 Å². The van der Waals surface area contributed by atoms with Crippen LogP contribution in [0.2, 0.25) is 0 Å². The molecule has 0 bridgehead atoms. The Labute approximate surface area is 98.7 Å². The summed E-state index contributed by atoms with van der Waals surface area (Å²) in [5.41, 5.74) is 6.26. The summed E-state index contributed by atoms with van der Waals surface area (Å²) in [5.74, 6) is 0.0598. The molecule has 0 aromatic heterocycles. The molecule has 1 atom stereocenters. The lowest BCUT2D eigenvalue weighted by atomic mass is 10.2. The number of hydrogen-bond donors (Lipinski definition) is 1. The topological polar surface area (TPSA) is 60.2 Å². The number of benzene rings is 1. The van der Waals surface area contributed by atoms with Crippen LogP contribution in [0.4, 0.5) is 0 Å². The third-order valence-electron chi connectivity index (χ3n) is 1.85. The van der Waals surface area contributed by atoms with Crippen molar-refractivity contribution in [3.63, 3.8) is 0 Å². The highest BCUT2D eigenvalue weighted by atomic mass is 79.9. The molecule has 0 aliphatic rings. The zero-order valence-electron chi connectivity index (χ0n) is 8.48. The van der Waals surface area contributed by atoms with Crippen molar-refractivity contribution in [3.05, 3.63) is 34.3 Å². The van der Waals surface area contributed by atoms with E-state index in [1.165, 1.54) is 0 Å². The lowest BCUT2D eigenvalue weighted by molar-refractivity contribution is 0.589. The molecule has 0 saturated carbocycles. The molecule has 1 aromatic rings. The summed E-state index contributed by atoms with van der Waals surface area (Å²) in [6.07, 6.45) is 0. The predicted molar refractivity (Wildman–Crippen MR) is 65.3 cm³/mol. The van der Waals surface area contributed by atoms with E-state index in [4.69, 9.17) is 5.73 Å². The zero-order chi connectivity index (χ0) is 11.5. The first kappa shape index (κ1) is 12.7. The monoisotopic (exact) mass is 291 g/mol. The third kappa shape index (κ3) is 4.32. The Kier molecular flexibility index (Phi) is 4.31. The van der Waals surface area contributed by atoms with E-state index in [1.807, 2.05) is 18.2 Å². The van der Waals surface area contributed by atoms with Crippen LogP contribution in [-0.2, 0) is 15.6 Å². The summed E-state index contributed by atoms with van der Waals surface area (Å²) < 4.78 is 24.1. The standard InChI is InChI=1S/C10H14BrNO2S/c1-8(12)6-15(13,14)7-9-4-2-3-5-10(9)11/h2-5,8H,6-7,12H2,1H3. The van der Waals surface area contributed by atoms with Crippen molar-refractivity contribution < 1.29 is 8.42 Å². The van der Waals surface area contributed by atoms with E-state index in [0.717, 1.165) is 10.0 Å². The van der Waals surface area contributed by atoms with Crippen LogP contribution in [0.3, 0.4) is 0 Å². The normalized spacial score (nSPS) is 13.8. The smallest absolute Gasteiger partial charge is 0.155 e. The van der Waals surface area contributed by atoms with Gasteiger partial charge in [0, 0.05) is 10.5 Å². The number of nitrogens with two attached hydrogens (primary N) is 1. The van der Waals surface area contributed by atoms with Crippen molar-refractivity contribution in [2.24, 2.45) is 5.73 Å². The van der Waals surface area contributed by atoms with Gasteiger partial charge >= 0.3 is 0 Å². The fourth-order valence-corrected chi connectivity index (χ4v) is 3.57. The van der Waals surface area contributed by atoms with Gasteiger partial charge in [-0.15, -0.1) is 0 Å². The second kappa shape index (κ2) is 5.09. The summed E-state index contributed by atoms with van der Waals surface area (Å²) in [4.78, 5) is 0. The van der Waals surface area contributed by atoms with E-state index in [2.05, 4.69) is 15.9 Å². The van der Waals surface area contributed by atoms with E-state index in [-0.39, 0.29) is 17.5 Å². The van der Waals surface area contributed by atoms with Crippen molar-refractivity contribution in [2.75, 3.05) is 5.75 Å². The molecule has 1 unspecified atom stereocenters. The Morgan fingerprint density at radius 3 is 2.53 bits per heavy atom. The van der Waals surface area contributed by atoms with Crippen LogP contribution in [0.25, 0.3) is 0 Å². The molecule has 1 aromatic carbocycles. The van der Waals surface area contributed by atoms with Gasteiger partial charge in [-0.2, -0.15) is 0 Å². The second-order valence-corrected chi connectivity index (χ2v) is 6.59. The first-order valence-electron chi connectivity index (χ1n) is 4.60. The summed E-state index contributed by atoms with van der Waals surface area (Å²) in [7, 11) is -3.11. The predicted octanol–water partition coefficient (Wildman–Crippen LogP) is 1.71. The molecule has 0 heterocycles. The fraction of sp³-hybridized carbons (Fsp3) is 0.400. The van der Waals surface area contributed by atoms with Crippen LogP contribution < -0.4 is 5.73 Å². The van der Waals surface area contributed by atoms with Crippen molar-refractivity contribution in [1.82, 2.24) is 0 Å². The van der Waals surface area contributed by atoms with Crippen molar-refractivity contribution in [2.45, 2.75) is 18.7 Å². The maximum absolute atomic E-state index is 11.7. The van der Waals surface area contributed by atoms with Gasteiger partial charge < -0.3 is 5.73 Å². The SMILES string of the molecule is CC(N)CS(=O)(=O)Cc1ccccc1Br. The van der Waals surface area contributed by atoms with Gasteiger partial charge in [0.25, 0.3) is 0 Å². The van der Waals surface area contributed by atoms with Crippen LogP contribution in [-0.4, -0.2) is 20.2 Å². The van der Waals surface area contributed by atoms with Gasteiger partial charge in [0.05, 0.1) is 11.5 Å². The molecule has 15 heavy (non-hydrogen) atoms. The molecular formula is C10H14BrNO2S. The van der Waals surface area contributed by atoms with Crippen LogP contribution in [0.1, 0.15) is 12.5 Å². The number of sulfone groups is 1. The Hall–Kier alpha value is -0.390. The molecule has 0 saturated heterocycles. The Morgan fingerprint density at radius 2 is 2.00 bits per heavy atom. The van der Waals surface area contributed by atoms with Crippen LogP contribution in [0, 0.1) is 0 Å². The van der Waals surface area contributed by atoms with Gasteiger partial charge in [0.1, 0.15) is 0 Å². The molecule has 84 valence electrons. The van der Waals surface area contributed by atoms with Gasteiger partial charge in [-0.25, -0.2) is 8.42 Å². The molecule has 5 heteroatoms. The number of halogens is 1. The van der Waals surface area contributed by atoms with E-state index in [1.54, 1.807) is 13.0 Å². The highest BCUT2D eigenvalue weighted by Crippen LogP contribution is 2.18. The summed E-state index contributed by atoms with van der Waals surface area (Å²) in [6, 6.07) is 6.98. The quantitative estimate of drug-likeness (QED) is 0.919. The fourth-order valence-electron chi connectivity index (χ4n) is 1.31. The van der Waals surface area contributed by atoms with Gasteiger partial charge in [0.15, 0.2) is 9.84 Å². The minimum absolute atomic E-state index is 0.0222. The Morgan fingerprint density at radius 1 is 1.40 bits per heavy atom. The lowest BCUT2D eigenvalue weighted by Gasteiger charge is -2.08. The van der Waals surface area contributed by atoms with Crippen LogP contribution in [0.15, 0.2) is 28.7 Å². The van der Waals surface area contributed by atoms with Crippen LogP contribution >= 0.6 is 15.9 Å². The van der Waals surface area contributed by atoms with Crippen molar-refractivity contribution in [3.8, 4) is 0 Å². The molecule has 0 aliphatic carbocycles. The Balaban J connectivity index is 2.83.